The van der Waals surface area contributed by atoms with Crippen LogP contribution in [0.1, 0.15) is 42.9 Å². The summed E-state index contributed by atoms with van der Waals surface area (Å²) in [7, 11) is 4.10. The molecular formula is C24H35N3O3. The van der Waals surface area contributed by atoms with Crippen molar-refractivity contribution in [2.24, 2.45) is 0 Å². The number of ether oxygens (including phenoxy) is 1. The number of imide groups is 1. The fourth-order valence-electron chi connectivity index (χ4n) is 4.28. The van der Waals surface area contributed by atoms with Gasteiger partial charge >= 0.3 is 0 Å². The Bertz CT molecular complexity index is 825. The van der Waals surface area contributed by atoms with E-state index in [1.807, 2.05) is 39.1 Å². The third kappa shape index (κ3) is 4.60. The van der Waals surface area contributed by atoms with Crippen LogP contribution in [-0.4, -0.2) is 79.5 Å². The first-order valence-electron chi connectivity index (χ1n) is 11.0. The maximum Gasteiger partial charge on any atom is 0.277 e. The number of nitrogens with zero attached hydrogens (tertiary/aromatic N) is 3. The fourth-order valence-corrected chi connectivity index (χ4v) is 4.28. The molecular weight excluding hydrogens is 378 g/mol. The van der Waals surface area contributed by atoms with Crippen LogP contribution in [0.4, 0.5) is 0 Å². The summed E-state index contributed by atoms with van der Waals surface area (Å²) in [5, 5.41) is 0. The highest BCUT2D eigenvalue weighted by Crippen LogP contribution is 2.34. The molecule has 164 valence electrons. The van der Waals surface area contributed by atoms with Gasteiger partial charge in [-0.25, -0.2) is 0 Å². The van der Waals surface area contributed by atoms with Crippen LogP contribution in [0.2, 0.25) is 0 Å². The minimum absolute atomic E-state index is 0.175. The number of carbonyl (C=O) groups is 2. The Kier molecular flexibility index (Phi) is 7.32. The summed E-state index contributed by atoms with van der Waals surface area (Å²) in [6, 6.07) is 6.29. The van der Waals surface area contributed by atoms with Gasteiger partial charge in [-0.1, -0.05) is 18.2 Å². The van der Waals surface area contributed by atoms with E-state index in [9.17, 15) is 9.59 Å². The maximum atomic E-state index is 13.4. The molecule has 0 spiro atoms. The highest BCUT2D eigenvalue weighted by Gasteiger charge is 2.42. The van der Waals surface area contributed by atoms with Crippen molar-refractivity contribution in [3.05, 3.63) is 40.6 Å². The Morgan fingerprint density at radius 2 is 1.80 bits per heavy atom. The second-order valence-corrected chi connectivity index (χ2v) is 8.48. The lowest BCUT2D eigenvalue weighted by Crippen LogP contribution is -2.43. The molecule has 1 aromatic rings. The normalized spacial score (nSPS) is 18.6. The van der Waals surface area contributed by atoms with E-state index < -0.39 is 0 Å². The molecule has 6 heteroatoms. The number of likely N-dealkylation sites (N-methyl/N-ethyl adjacent to an activating group) is 1. The van der Waals surface area contributed by atoms with Crippen molar-refractivity contribution in [2.75, 3.05) is 46.9 Å². The van der Waals surface area contributed by atoms with Gasteiger partial charge in [-0.2, -0.15) is 0 Å². The van der Waals surface area contributed by atoms with Crippen LogP contribution >= 0.6 is 0 Å². The zero-order valence-corrected chi connectivity index (χ0v) is 19.0. The third-order valence-electron chi connectivity index (χ3n) is 6.40. The Hall–Kier alpha value is -2.18. The summed E-state index contributed by atoms with van der Waals surface area (Å²) >= 11 is 0. The molecule has 6 nitrogen and oxygen atoms in total. The molecule has 2 heterocycles. The largest absolute Gasteiger partial charge is 0.382 e. The molecule has 0 N–H and O–H groups in total. The maximum absolute atomic E-state index is 13.4. The molecule has 1 fully saturated rings. The quantitative estimate of drug-likeness (QED) is 0.485. The van der Waals surface area contributed by atoms with E-state index in [2.05, 4.69) is 23.8 Å². The van der Waals surface area contributed by atoms with Crippen molar-refractivity contribution in [1.29, 1.82) is 0 Å². The van der Waals surface area contributed by atoms with Crippen LogP contribution in [0.25, 0.3) is 5.57 Å². The number of likely N-dealkylation sites (tertiary alicyclic amines) is 1. The Morgan fingerprint density at radius 3 is 2.43 bits per heavy atom. The second-order valence-electron chi connectivity index (χ2n) is 8.48. The first kappa shape index (κ1) is 22.5. The summed E-state index contributed by atoms with van der Waals surface area (Å²) in [5.41, 5.74) is 4.22. The van der Waals surface area contributed by atoms with Gasteiger partial charge in [-0.3, -0.25) is 14.5 Å². The van der Waals surface area contributed by atoms with E-state index in [1.165, 1.54) is 10.5 Å². The Labute approximate surface area is 180 Å². The van der Waals surface area contributed by atoms with Gasteiger partial charge in [0.2, 0.25) is 0 Å². The van der Waals surface area contributed by atoms with Gasteiger partial charge < -0.3 is 14.5 Å². The van der Waals surface area contributed by atoms with Crippen LogP contribution in [0.3, 0.4) is 0 Å². The van der Waals surface area contributed by atoms with Crippen LogP contribution < -0.4 is 0 Å². The summed E-state index contributed by atoms with van der Waals surface area (Å²) < 4.78 is 5.41. The third-order valence-corrected chi connectivity index (χ3v) is 6.40. The average Bonchev–Trinajstić information content (AvgIpc) is 2.97. The van der Waals surface area contributed by atoms with Crippen LogP contribution in [0.15, 0.2) is 23.9 Å². The molecule has 2 aliphatic rings. The summed E-state index contributed by atoms with van der Waals surface area (Å²) in [6.45, 7) is 9.62. The lowest BCUT2D eigenvalue weighted by molar-refractivity contribution is -0.137. The zero-order chi connectivity index (χ0) is 21.8. The molecule has 3 rings (SSSR count). The van der Waals surface area contributed by atoms with E-state index in [0.29, 0.717) is 37.4 Å². The number of rotatable bonds is 8. The van der Waals surface area contributed by atoms with Gasteiger partial charge in [0, 0.05) is 32.8 Å². The second kappa shape index (κ2) is 9.75. The number of piperidine rings is 1. The molecule has 2 aliphatic heterocycles. The number of aryl methyl sites for hydroxylation is 2. The van der Waals surface area contributed by atoms with E-state index in [4.69, 9.17) is 4.74 Å². The van der Waals surface area contributed by atoms with Crippen molar-refractivity contribution in [3.8, 4) is 0 Å². The summed E-state index contributed by atoms with van der Waals surface area (Å²) in [5.74, 6) is -0.360. The SMILES string of the molecule is CCOCCCN1C(=O)C(c2ccc(C)c(C)c2)=C(N(C)C2CCN(C)CC2)C1=O. The molecule has 0 radical (unpaired) electrons. The first-order valence-corrected chi connectivity index (χ1v) is 11.0. The molecule has 0 aromatic heterocycles. The van der Waals surface area contributed by atoms with E-state index in [1.54, 1.807) is 0 Å². The van der Waals surface area contributed by atoms with Crippen molar-refractivity contribution in [3.63, 3.8) is 0 Å². The van der Waals surface area contributed by atoms with Crippen molar-refractivity contribution in [1.82, 2.24) is 14.7 Å². The molecule has 1 saturated heterocycles. The van der Waals surface area contributed by atoms with Gasteiger partial charge in [0.1, 0.15) is 5.70 Å². The predicted molar refractivity (Wildman–Crippen MR) is 119 cm³/mol. The number of hydrogen-bond donors (Lipinski definition) is 0. The van der Waals surface area contributed by atoms with Gasteiger partial charge in [0.25, 0.3) is 11.8 Å². The van der Waals surface area contributed by atoms with Gasteiger partial charge in [-0.15, -0.1) is 0 Å². The molecule has 1 aromatic carbocycles. The summed E-state index contributed by atoms with van der Waals surface area (Å²) in [6.07, 6.45) is 2.63. The van der Waals surface area contributed by atoms with Crippen LogP contribution in [-0.2, 0) is 14.3 Å². The van der Waals surface area contributed by atoms with Crippen molar-refractivity contribution < 1.29 is 14.3 Å². The number of amides is 2. The molecule has 0 atom stereocenters. The molecule has 0 saturated carbocycles. The number of carbonyl (C=O) groups excluding carboxylic acids is 2. The topological polar surface area (TPSA) is 53.1 Å². The lowest BCUT2D eigenvalue weighted by atomic mass is 9.97. The zero-order valence-electron chi connectivity index (χ0n) is 19.0. The van der Waals surface area contributed by atoms with E-state index >= 15 is 0 Å². The average molecular weight is 414 g/mol. The molecule has 0 unspecified atom stereocenters. The standard InChI is InChI=1S/C24H35N3O3/c1-6-30-15-7-12-27-23(28)21(19-9-8-17(2)18(3)16-19)22(24(27)29)26(5)20-10-13-25(4)14-11-20/h8-9,16,20H,6-7,10-15H2,1-5H3. The highest BCUT2D eigenvalue weighted by atomic mass is 16.5. The van der Waals surface area contributed by atoms with E-state index in [-0.39, 0.29) is 17.9 Å². The highest BCUT2D eigenvalue weighted by molar-refractivity contribution is 6.35. The predicted octanol–water partition coefficient (Wildman–Crippen LogP) is 2.84. The molecule has 0 bridgehead atoms. The molecule has 2 amide bonds. The fraction of sp³-hybridized carbons (Fsp3) is 0.583. The van der Waals surface area contributed by atoms with Crippen molar-refractivity contribution in [2.45, 2.75) is 46.1 Å². The van der Waals surface area contributed by atoms with Gasteiger partial charge in [0.15, 0.2) is 0 Å². The Balaban J connectivity index is 1.94. The van der Waals surface area contributed by atoms with Crippen molar-refractivity contribution >= 4 is 17.4 Å². The molecule has 0 aliphatic carbocycles. The summed E-state index contributed by atoms with van der Waals surface area (Å²) in [4.78, 5) is 32.6. The monoisotopic (exact) mass is 413 g/mol. The number of hydrogen-bond acceptors (Lipinski definition) is 5. The van der Waals surface area contributed by atoms with Crippen LogP contribution in [0.5, 0.6) is 0 Å². The minimum atomic E-state index is -0.186. The smallest absolute Gasteiger partial charge is 0.277 e. The van der Waals surface area contributed by atoms with E-state index in [0.717, 1.165) is 37.1 Å². The lowest BCUT2D eigenvalue weighted by Gasteiger charge is -2.36. The minimum Gasteiger partial charge on any atom is -0.382 e. The number of benzene rings is 1. The Morgan fingerprint density at radius 1 is 1.10 bits per heavy atom. The van der Waals surface area contributed by atoms with Gasteiger partial charge in [-0.05, 0) is 76.9 Å². The first-order chi connectivity index (χ1) is 14.3. The van der Waals surface area contributed by atoms with Gasteiger partial charge in [0.05, 0.1) is 5.57 Å². The molecule has 30 heavy (non-hydrogen) atoms. The van der Waals surface area contributed by atoms with Crippen LogP contribution in [0, 0.1) is 13.8 Å².